The van der Waals surface area contributed by atoms with Gasteiger partial charge in [0.25, 0.3) is 0 Å². The van der Waals surface area contributed by atoms with E-state index in [1.165, 1.54) is 50.5 Å². The molecule has 0 radical (unpaired) electrons. The maximum Gasteiger partial charge on any atom is 0.0409 e. The molecular formula is C18H26ClN. The highest BCUT2D eigenvalue weighted by atomic mass is 35.5. The van der Waals surface area contributed by atoms with Gasteiger partial charge in [-0.15, -0.1) is 0 Å². The first-order valence-corrected chi connectivity index (χ1v) is 8.61. The van der Waals surface area contributed by atoms with Crippen LogP contribution in [-0.2, 0) is 0 Å². The molecule has 2 aliphatic rings. The number of hydrogen-bond donors (Lipinski definition) is 1. The van der Waals surface area contributed by atoms with Crippen LogP contribution in [-0.4, -0.2) is 6.04 Å². The lowest BCUT2D eigenvalue weighted by molar-refractivity contribution is 0.139. The highest BCUT2D eigenvalue weighted by Crippen LogP contribution is 2.40. The average molecular weight is 292 g/mol. The van der Waals surface area contributed by atoms with Crippen LogP contribution in [0.5, 0.6) is 0 Å². The van der Waals surface area contributed by atoms with Crippen molar-refractivity contribution in [3.8, 4) is 0 Å². The van der Waals surface area contributed by atoms with Gasteiger partial charge < -0.3 is 5.32 Å². The van der Waals surface area contributed by atoms with Crippen LogP contribution in [0, 0.1) is 11.8 Å². The van der Waals surface area contributed by atoms with Crippen molar-refractivity contribution in [2.45, 2.75) is 64.0 Å². The van der Waals surface area contributed by atoms with Crippen LogP contribution < -0.4 is 5.32 Å². The Morgan fingerprint density at radius 2 is 1.90 bits per heavy atom. The smallest absolute Gasteiger partial charge is 0.0409 e. The summed E-state index contributed by atoms with van der Waals surface area (Å²) in [6.07, 6.45) is 10.1. The number of rotatable bonds is 3. The fourth-order valence-corrected chi connectivity index (χ4v) is 4.45. The third kappa shape index (κ3) is 3.38. The standard InChI is InChI=1S/C18H26ClN/c1-13(15-7-4-8-17(19)11-15)20-18-10-9-14-5-2-3-6-16(14)12-18/h4,7-8,11,13-14,16,18,20H,2-3,5-6,9-10,12H2,1H3/t13-,14?,16?,18?/m1/s1. The Kier molecular flexibility index (Phi) is 4.68. The van der Waals surface area contributed by atoms with Gasteiger partial charge in [-0.1, -0.05) is 49.4 Å². The first-order chi connectivity index (χ1) is 9.72. The molecule has 1 nitrogen and oxygen atoms in total. The monoisotopic (exact) mass is 291 g/mol. The van der Waals surface area contributed by atoms with Crippen molar-refractivity contribution in [2.24, 2.45) is 11.8 Å². The second kappa shape index (κ2) is 6.49. The number of nitrogens with one attached hydrogen (secondary N) is 1. The van der Waals surface area contributed by atoms with E-state index in [2.05, 4.69) is 24.4 Å². The molecule has 3 rings (SSSR count). The number of halogens is 1. The van der Waals surface area contributed by atoms with Gasteiger partial charge in [0, 0.05) is 17.1 Å². The topological polar surface area (TPSA) is 12.0 Å². The maximum absolute atomic E-state index is 6.10. The number of hydrogen-bond acceptors (Lipinski definition) is 1. The fraction of sp³-hybridized carbons (Fsp3) is 0.667. The van der Waals surface area contributed by atoms with E-state index in [1.807, 2.05) is 12.1 Å². The maximum atomic E-state index is 6.10. The van der Waals surface area contributed by atoms with Crippen LogP contribution in [0.4, 0.5) is 0 Å². The first kappa shape index (κ1) is 14.4. The Bertz CT molecular complexity index is 445. The van der Waals surface area contributed by atoms with Crippen LogP contribution >= 0.6 is 11.6 Å². The van der Waals surface area contributed by atoms with Gasteiger partial charge in [0.2, 0.25) is 0 Å². The minimum absolute atomic E-state index is 0.402. The summed E-state index contributed by atoms with van der Waals surface area (Å²) < 4.78 is 0. The van der Waals surface area contributed by atoms with Gasteiger partial charge in [0.05, 0.1) is 0 Å². The van der Waals surface area contributed by atoms with E-state index in [0.717, 1.165) is 16.9 Å². The van der Waals surface area contributed by atoms with Crippen LogP contribution in [0.3, 0.4) is 0 Å². The van der Waals surface area contributed by atoms with Crippen LogP contribution in [0.25, 0.3) is 0 Å². The van der Waals surface area contributed by atoms with Gasteiger partial charge in [-0.05, 0) is 55.7 Å². The molecular weight excluding hydrogens is 266 g/mol. The van der Waals surface area contributed by atoms with Gasteiger partial charge in [-0.2, -0.15) is 0 Å². The lowest BCUT2D eigenvalue weighted by atomic mass is 9.69. The predicted molar refractivity (Wildman–Crippen MR) is 86.1 cm³/mol. The number of benzene rings is 1. The van der Waals surface area contributed by atoms with Gasteiger partial charge in [-0.3, -0.25) is 0 Å². The molecule has 0 heterocycles. The Hall–Kier alpha value is -0.530. The normalized spacial score (nSPS) is 31.6. The van der Waals surface area contributed by atoms with Crippen molar-refractivity contribution in [1.82, 2.24) is 5.32 Å². The highest BCUT2D eigenvalue weighted by molar-refractivity contribution is 6.30. The molecule has 2 fully saturated rings. The van der Waals surface area contributed by atoms with Crippen LogP contribution in [0.15, 0.2) is 24.3 Å². The molecule has 1 aromatic carbocycles. The molecule has 20 heavy (non-hydrogen) atoms. The summed E-state index contributed by atoms with van der Waals surface area (Å²) in [5, 5.41) is 4.68. The summed E-state index contributed by atoms with van der Waals surface area (Å²) in [7, 11) is 0. The summed E-state index contributed by atoms with van der Waals surface area (Å²) in [5.74, 6) is 2.02. The van der Waals surface area contributed by atoms with Crippen LogP contribution in [0.1, 0.15) is 63.5 Å². The summed E-state index contributed by atoms with van der Waals surface area (Å²) in [6.45, 7) is 2.26. The zero-order chi connectivity index (χ0) is 13.9. The number of fused-ring (bicyclic) bond motifs is 1. The molecule has 0 amide bonds. The van der Waals surface area contributed by atoms with E-state index >= 15 is 0 Å². The molecule has 110 valence electrons. The third-order valence-electron chi connectivity index (χ3n) is 5.37. The van der Waals surface area contributed by atoms with Gasteiger partial charge >= 0.3 is 0 Å². The molecule has 4 atom stereocenters. The molecule has 0 spiro atoms. The fourth-order valence-electron chi connectivity index (χ4n) is 4.25. The van der Waals surface area contributed by atoms with Gasteiger partial charge in [-0.25, -0.2) is 0 Å². The van der Waals surface area contributed by atoms with E-state index in [4.69, 9.17) is 11.6 Å². The SMILES string of the molecule is C[C@@H](NC1CCC2CCCCC2C1)c1cccc(Cl)c1. The molecule has 2 heteroatoms. The molecule has 3 unspecified atom stereocenters. The molecule has 2 aliphatic carbocycles. The second-order valence-corrected chi connectivity index (χ2v) is 7.19. The molecule has 1 N–H and O–H groups in total. The molecule has 0 saturated heterocycles. The summed E-state index contributed by atoms with van der Waals surface area (Å²) >= 11 is 6.10. The van der Waals surface area contributed by atoms with E-state index in [9.17, 15) is 0 Å². The molecule has 1 aromatic rings. The molecule has 0 aliphatic heterocycles. The van der Waals surface area contributed by atoms with Crippen molar-refractivity contribution < 1.29 is 0 Å². The predicted octanol–water partition coefficient (Wildman–Crippen LogP) is 5.35. The van der Waals surface area contributed by atoms with E-state index in [1.54, 1.807) is 0 Å². The first-order valence-electron chi connectivity index (χ1n) is 8.24. The largest absolute Gasteiger partial charge is 0.307 e. The van der Waals surface area contributed by atoms with Crippen molar-refractivity contribution in [2.75, 3.05) is 0 Å². The Balaban J connectivity index is 1.58. The molecule has 0 aromatic heterocycles. The zero-order valence-electron chi connectivity index (χ0n) is 12.4. The Labute approximate surface area is 128 Å². The van der Waals surface area contributed by atoms with E-state index < -0.39 is 0 Å². The van der Waals surface area contributed by atoms with Crippen molar-refractivity contribution in [3.05, 3.63) is 34.9 Å². The minimum atomic E-state index is 0.402. The average Bonchev–Trinajstić information content (AvgIpc) is 2.47. The quantitative estimate of drug-likeness (QED) is 0.791. The Morgan fingerprint density at radius 1 is 1.10 bits per heavy atom. The Morgan fingerprint density at radius 3 is 2.70 bits per heavy atom. The minimum Gasteiger partial charge on any atom is -0.307 e. The summed E-state index contributed by atoms with van der Waals surface area (Å²) in [5.41, 5.74) is 1.31. The summed E-state index contributed by atoms with van der Waals surface area (Å²) in [4.78, 5) is 0. The molecule has 0 bridgehead atoms. The molecule has 2 saturated carbocycles. The van der Waals surface area contributed by atoms with Gasteiger partial charge in [0.15, 0.2) is 0 Å². The van der Waals surface area contributed by atoms with E-state index in [0.29, 0.717) is 12.1 Å². The van der Waals surface area contributed by atoms with Crippen LogP contribution in [0.2, 0.25) is 5.02 Å². The zero-order valence-corrected chi connectivity index (χ0v) is 13.2. The van der Waals surface area contributed by atoms with Crippen molar-refractivity contribution in [1.29, 1.82) is 0 Å². The van der Waals surface area contributed by atoms with E-state index in [-0.39, 0.29) is 0 Å². The lowest BCUT2D eigenvalue weighted by Gasteiger charge is -2.40. The highest BCUT2D eigenvalue weighted by Gasteiger charge is 2.32. The lowest BCUT2D eigenvalue weighted by Crippen LogP contribution is -2.39. The van der Waals surface area contributed by atoms with Crippen molar-refractivity contribution >= 4 is 11.6 Å². The van der Waals surface area contributed by atoms with Crippen molar-refractivity contribution in [3.63, 3.8) is 0 Å². The third-order valence-corrected chi connectivity index (χ3v) is 5.61. The second-order valence-electron chi connectivity index (χ2n) is 6.76. The summed E-state index contributed by atoms with van der Waals surface area (Å²) in [6, 6.07) is 9.36. The van der Waals surface area contributed by atoms with Gasteiger partial charge in [0.1, 0.15) is 0 Å².